The molecule has 1 unspecified atom stereocenters. The highest BCUT2D eigenvalue weighted by Gasteiger charge is 2.44. The van der Waals surface area contributed by atoms with Gasteiger partial charge < -0.3 is 21.1 Å². The van der Waals surface area contributed by atoms with Crippen LogP contribution in [0.25, 0.3) is 22.9 Å². The van der Waals surface area contributed by atoms with Crippen molar-refractivity contribution in [3.63, 3.8) is 0 Å². The third-order valence-electron chi connectivity index (χ3n) is 8.45. The average Bonchev–Trinajstić information content (AvgIpc) is 3.63. The summed E-state index contributed by atoms with van der Waals surface area (Å²) in [5.41, 5.74) is 8.55. The molecule has 6 rings (SSSR count). The van der Waals surface area contributed by atoms with Crippen LogP contribution in [0.1, 0.15) is 57.3 Å². The molecule has 0 fully saturated rings. The van der Waals surface area contributed by atoms with E-state index in [4.69, 9.17) is 17.3 Å². The highest BCUT2D eigenvalue weighted by atomic mass is 35.5. The first-order valence-corrected chi connectivity index (χ1v) is 15.6. The normalized spacial score (nSPS) is 15.0. The largest absolute Gasteiger partial charge is 0.478 e. The number of benzene rings is 4. The van der Waals surface area contributed by atoms with E-state index in [2.05, 4.69) is 20.8 Å². The van der Waals surface area contributed by atoms with E-state index in [1.807, 2.05) is 19.9 Å². The van der Waals surface area contributed by atoms with Crippen molar-refractivity contribution in [2.75, 3.05) is 11.9 Å². The average molecular weight is 694 g/mol. The maximum Gasteiger partial charge on any atom is 0.335 e. The molecule has 12 nitrogen and oxygen atoms in total. The molecular formula is C36H29ClFN7O5. The Morgan fingerprint density at radius 3 is 2.34 bits per heavy atom. The Labute approximate surface area is 290 Å². The molecule has 1 aliphatic rings. The number of carboxylic acids is 1. The molecule has 0 aliphatic carbocycles. The molecule has 0 saturated carbocycles. The van der Waals surface area contributed by atoms with Gasteiger partial charge in [-0.05, 0) is 87.3 Å². The van der Waals surface area contributed by atoms with Crippen molar-refractivity contribution in [2.24, 2.45) is 5.73 Å². The topological polar surface area (TPSA) is 173 Å². The van der Waals surface area contributed by atoms with Gasteiger partial charge in [0.15, 0.2) is 5.82 Å². The molecule has 252 valence electrons. The third kappa shape index (κ3) is 6.45. The quantitative estimate of drug-likeness (QED) is 0.180. The van der Waals surface area contributed by atoms with E-state index in [0.717, 1.165) is 22.8 Å². The fourth-order valence-corrected chi connectivity index (χ4v) is 6.37. The lowest BCUT2D eigenvalue weighted by Crippen LogP contribution is -2.51. The van der Waals surface area contributed by atoms with Gasteiger partial charge in [-0.1, -0.05) is 55.8 Å². The number of hydrogen-bond donors (Lipinski definition) is 3. The number of nitrogens with one attached hydrogen (secondary N) is 1. The summed E-state index contributed by atoms with van der Waals surface area (Å²) in [6, 6.07) is 19.6. The van der Waals surface area contributed by atoms with Gasteiger partial charge in [0.25, 0.3) is 5.91 Å². The maximum absolute atomic E-state index is 15.4. The summed E-state index contributed by atoms with van der Waals surface area (Å²) in [5.74, 6) is -3.63. The number of amides is 3. The van der Waals surface area contributed by atoms with Crippen LogP contribution in [0.4, 0.5) is 10.1 Å². The van der Waals surface area contributed by atoms with E-state index in [1.165, 1.54) is 58.4 Å². The predicted octanol–water partition coefficient (Wildman–Crippen LogP) is 5.43. The molecule has 4 N–H and O–H groups in total. The minimum Gasteiger partial charge on any atom is -0.478 e. The van der Waals surface area contributed by atoms with Gasteiger partial charge in [-0.25, -0.2) is 9.18 Å². The summed E-state index contributed by atoms with van der Waals surface area (Å²) in [6.07, 6.45) is 3.70. The number of aromatic nitrogens is 4. The summed E-state index contributed by atoms with van der Waals surface area (Å²) < 4.78 is 16.6. The highest BCUT2D eigenvalue weighted by Crippen LogP contribution is 2.45. The Morgan fingerprint density at radius 2 is 1.70 bits per heavy atom. The second kappa shape index (κ2) is 13.4. The lowest BCUT2D eigenvalue weighted by molar-refractivity contribution is -0.136. The number of halogens is 2. The standard InChI is InChI=1S/C36H29ClFN7O5/c1-36(2)18-44(29(46)17-14-25-28(45-19-40-42-43-45)16-15-27(37)31(25)38)32(34(48)41-23-12-10-22(11-13-23)35(49)50)26-5-3-4-24(30(26)36)20-6-8-21(9-7-20)33(39)47/h3-17,19,32H,18H2,1-2H3,(H2,39,47)(H,41,48)(H,49,50)/b17-14+. The zero-order valence-corrected chi connectivity index (χ0v) is 27.4. The summed E-state index contributed by atoms with van der Waals surface area (Å²) in [4.78, 5) is 52.9. The van der Waals surface area contributed by atoms with Gasteiger partial charge in [-0.3, -0.25) is 14.4 Å². The van der Waals surface area contributed by atoms with Crippen LogP contribution in [-0.4, -0.2) is 60.4 Å². The van der Waals surface area contributed by atoms with Crippen LogP contribution in [0, 0.1) is 5.82 Å². The van der Waals surface area contributed by atoms with E-state index in [1.54, 1.807) is 36.4 Å². The van der Waals surface area contributed by atoms with Crippen LogP contribution in [-0.2, 0) is 15.0 Å². The Hall–Kier alpha value is -6.21. The molecule has 4 aromatic carbocycles. The molecule has 50 heavy (non-hydrogen) atoms. The molecule has 1 aliphatic heterocycles. The SMILES string of the molecule is CC1(C)CN(C(=O)/C=C/c2c(-n3cnnn3)ccc(Cl)c2F)C(C(=O)Nc2ccc(C(=O)O)cc2)c2cccc(-c3ccc(C(N)=O)cc3)c21. The van der Waals surface area contributed by atoms with Gasteiger partial charge in [0.05, 0.1) is 16.3 Å². The van der Waals surface area contributed by atoms with E-state index in [-0.39, 0.29) is 28.4 Å². The number of anilines is 1. The number of carbonyl (C=O) groups is 4. The molecule has 0 radical (unpaired) electrons. The first-order chi connectivity index (χ1) is 23.9. The summed E-state index contributed by atoms with van der Waals surface area (Å²) >= 11 is 6.09. The molecule has 0 saturated heterocycles. The van der Waals surface area contributed by atoms with Gasteiger partial charge in [-0.15, -0.1) is 5.10 Å². The monoisotopic (exact) mass is 693 g/mol. The lowest BCUT2D eigenvalue weighted by atomic mass is 9.72. The number of nitrogens with two attached hydrogens (primary N) is 1. The van der Waals surface area contributed by atoms with Crippen molar-refractivity contribution >= 4 is 47.1 Å². The van der Waals surface area contributed by atoms with Gasteiger partial charge in [0, 0.05) is 34.9 Å². The van der Waals surface area contributed by atoms with Crippen molar-refractivity contribution in [1.82, 2.24) is 25.1 Å². The number of aromatic carboxylic acids is 1. The van der Waals surface area contributed by atoms with Crippen molar-refractivity contribution in [1.29, 1.82) is 0 Å². The van der Waals surface area contributed by atoms with Crippen LogP contribution in [0.3, 0.4) is 0 Å². The number of nitrogens with zero attached hydrogens (tertiary/aromatic N) is 5. The van der Waals surface area contributed by atoms with Crippen molar-refractivity contribution in [3.05, 3.63) is 130 Å². The second-order valence-electron chi connectivity index (χ2n) is 12.2. The minimum absolute atomic E-state index is 0.0380. The van der Waals surface area contributed by atoms with Crippen molar-refractivity contribution < 1.29 is 28.7 Å². The van der Waals surface area contributed by atoms with Crippen LogP contribution in [0.15, 0.2) is 91.3 Å². The lowest BCUT2D eigenvalue weighted by Gasteiger charge is -2.45. The predicted molar refractivity (Wildman–Crippen MR) is 183 cm³/mol. The number of primary amides is 1. The zero-order valence-electron chi connectivity index (χ0n) is 26.7. The molecule has 3 amide bonds. The van der Waals surface area contributed by atoms with Gasteiger partial charge >= 0.3 is 5.97 Å². The molecule has 1 aromatic heterocycles. The molecule has 2 heterocycles. The van der Waals surface area contributed by atoms with E-state index in [9.17, 15) is 24.3 Å². The molecular weight excluding hydrogens is 665 g/mol. The number of tetrazole rings is 1. The van der Waals surface area contributed by atoms with Crippen LogP contribution >= 0.6 is 11.6 Å². The Kier molecular flexibility index (Phi) is 9.00. The second-order valence-corrected chi connectivity index (χ2v) is 12.6. The molecule has 1 atom stereocenters. The molecule has 5 aromatic rings. The van der Waals surface area contributed by atoms with Crippen LogP contribution in [0.5, 0.6) is 0 Å². The smallest absolute Gasteiger partial charge is 0.335 e. The molecule has 14 heteroatoms. The van der Waals surface area contributed by atoms with E-state index in [0.29, 0.717) is 16.8 Å². The van der Waals surface area contributed by atoms with E-state index < -0.39 is 41.0 Å². The fraction of sp³-hybridized carbons (Fsp3) is 0.139. The van der Waals surface area contributed by atoms with Gasteiger partial charge in [0.1, 0.15) is 12.4 Å². The Bertz CT molecular complexity index is 2170. The van der Waals surface area contributed by atoms with Crippen molar-refractivity contribution in [2.45, 2.75) is 25.3 Å². The van der Waals surface area contributed by atoms with Crippen LogP contribution in [0.2, 0.25) is 5.02 Å². The Balaban J connectivity index is 1.44. The summed E-state index contributed by atoms with van der Waals surface area (Å²) in [6.45, 7) is 3.97. The summed E-state index contributed by atoms with van der Waals surface area (Å²) in [7, 11) is 0. The minimum atomic E-state index is -1.16. The maximum atomic E-state index is 15.4. The first-order valence-electron chi connectivity index (χ1n) is 15.2. The third-order valence-corrected chi connectivity index (χ3v) is 8.75. The fourth-order valence-electron chi connectivity index (χ4n) is 6.20. The zero-order chi connectivity index (χ0) is 35.7. The number of fused-ring (bicyclic) bond motifs is 1. The summed E-state index contributed by atoms with van der Waals surface area (Å²) in [5, 5.41) is 23.0. The highest BCUT2D eigenvalue weighted by molar-refractivity contribution is 6.31. The number of hydrogen-bond acceptors (Lipinski definition) is 7. The van der Waals surface area contributed by atoms with Crippen molar-refractivity contribution in [3.8, 4) is 16.8 Å². The number of rotatable bonds is 8. The van der Waals surface area contributed by atoms with Gasteiger partial charge in [0.2, 0.25) is 11.8 Å². The van der Waals surface area contributed by atoms with Crippen LogP contribution < -0.4 is 11.1 Å². The number of carbonyl (C=O) groups excluding carboxylic acids is 3. The Morgan fingerprint density at radius 1 is 1.00 bits per heavy atom. The molecule has 0 spiro atoms. The first kappa shape index (κ1) is 33.7. The molecule has 0 bridgehead atoms. The van der Waals surface area contributed by atoms with Gasteiger partial charge in [-0.2, -0.15) is 4.68 Å². The number of carboxylic acid groups (broad SMARTS) is 1. The van der Waals surface area contributed by atoms with E-state index >= 15 is 4.39 Å².